The molecule has 0 unspecified atom stereocenters. The molecule has 2 nitrogen and oxygen atoms in total. The van der Waals surface area contributed by atoms with Gasteiger partial charge in [0.1, 0.15) is 0 Å². The third kappa shape index (κ3) is 1.16. The molecule has 3 heteroatoms. The van der Waals surface area contributed by atoms with Crippen LogP contribution in [-0.4, -0.2) is 14.0 Å². The smallest absolute Gasteiger partial charge is 0.344 e. The average Bonchev–Trinajstić information content (AvgIpc) is 2.30. The molecule has 1 heterocycles. The second-order valence-electron chi connectivity index (χ2n) is 0.661. The van der Waals surface area contributed by atoms with Crippen molar-refractivity contribution in [3.8, 4) is 0 Å². The van der Waals surface area contributed by atoms with E-state index in [1.165, 1.54) is 0 Å². The fourth-order valence-corrected chi connectivity index (χ4v) is 0.0295. The fourth-order valence-electron chi connectivity index (χ4n) is 0.0295. The van der Waals surface area contributed by atoms with E-state index in [0.29, 0.717) is 6.61 Å². The van der Waals surface area contributed by atoms with E-state index in [2.05, 4.69) is 6.19 Å². The zero-order chi connectivity index (χ0) is 4.99. The van der Waals surface area contributed by atoms with Gasteiger partial charge in [-0.05, 0) is 0 Å². The summed E-state index contributed by atoms with van der Waals surface area (Å²) in [7, 11) is 0. The molecule has 0 aromatic rings. The van der Waals surface area contributed by atoms with E-state index in [1.807, 2.05) is 0 Å². The summed E-state index contributed by atoms with van der Waals surface area (Å²) in [6.45, 7) is 0.347. The number of halogens is 1. The number of carbonyl (C=O) groups excluding carboxylic acids is 1. The Labute approximate surface area is 29.6 Å². The maximum absolute atomic E-state index is 9.33. The van der Waals surface area contributed by atoms with Crippen molar-refractivity contribution in [3.63, 3.8) is 0 Å². The van der Waals surface area contributed by atoms with E-state index < -0.39 is 0 Å². The summed E-state index contributed by atoms with van der Waals surface area (Å²) in [6, 6.07) is 0. The summed E-state index contributed by atoms with van der Waals surface area (Å²) in [4.78, 5) is 9.33. The predicted molar refractivity (Wildman–Crippen MR) is 13.5 cm³/mol. The standard InChI is InChI=1S/C2H2O2.FH/c3-2-1-4-2;/h1H2;1H/i/hD. The molecule has 0 amide bonds. The van der Waals surface area contributed by atoms with Crippen LogP contribution in [0, 0.1) is 0 Å². The summed E-state index contributed by atoms with van der Waals surface area (Å²) in [5.41, 5.74) is 0. The number of cyclic esters (lactones) is 1. The first-order valence-corrected chi connectivity index (χ1v) is 1.05. The maximum atomic E-state index is 9.33. The molecule has 0 aromatic carbocycles. The lowest BCUT2D eigenvalue weighted by atomic mass is 11.0. The number of carbonyl (C=O) groups is 1. The van der Waals surface area contributed by atoms with E-state index in [1.54, 1.807) is 0 Å². The Morgan fingerprint density at radius 2 is 2.40 bits per heavy atom. The summed E-state index contributed by atoms with van der Waals surface area (Å²) in [5.74, 6) is -0.0833. The highest BCUT2D eigenvalue weighted by atomic mass is 19.0. The number of epoxide rings is 1. The van der Waals surface area contributed by atoms with Crippen molar-refractivity contribution < 1.29 is 14.2 Å². The summed E-state index contributed by atoms with van der Waals surface area (Å²) < 4.78 is 17.1. The zero-order valence-corrected chi connectivity index (χ0v) is 2.40. The highest BCUT2D eigenvalue weighted by Gasteiger charge is 2.15. The van der Waals surface area contributed by atoms with Crippen molar-refractivity contribution in [1.82, 2.24) is 0 Å². The van der Waals surface area contributed by atoms with Gasteiger partial charge in [0.05, 0.1) is 0 Å². The first-order valence-electron chi connectivity index (χ1n) is 1.43. The lowest BCUT2D eigenvalue weighted by molar-refractivity contribution is -0.117. The van der Waals surface area contributed by atoms with Crippen LogP contribution in [0.15, 0.2) is 0 Å². The van der Waals surface area contributed by atoms with Gasteiger partial charge in [-0.3, -0.25) is 4.72 Å². The maximum Gasteiger partial charge on any atom is 0.344 e. The lowest BCUT2D eigenvalue weighted by Gasteiger charge is -1.32. The van der Waals surface area contributed by atoms with Crippen LogP contribution in [0.5, 0.6) is 0 Å². The van der Waals surface area contributed by atoms with Gasteiger partial charge in [0.25, 0.3) is 1.45 Å². The van der Waals surface area contributed by atoms with E-state index in [-0.39, 0.29) is 5.97 Å². The largest absolute Gasteiger partial charge is 0.451 e. The molecule has 0 bridgehead atoms. The number of hydrogen-bond donors (Lipinski definition) is 0. The third-order valence-electron chi connectivity index (χ3n) is 0.262. The van der Waals surface area contributed by atoms with Crippen LogP contribution in [0.2, 0.25) is 0 Å². The van der Waals surface area contributed by atoms with Crippen molar-refractivity contribution in [2.24, 2.45) is 0 Å². The van der Waals surface area contributed by atoms with Crippen LogP contribution in [0.1, 0.15) is 0 Å². The molecule has 30 valence electrons. The minimum absolute atomic E-state index is 0.0833. The molecule has 0 N–H and O–H groups in total. The fraction of sp³-hybridized carbons (Fsp3) is 0.500. The van der Waals surface area contributed by atoms with Crippen molar-refractivity contribution >= 4 is 5.97 Å². The Bertz CT molecular complexity index is 49.5. The molecule has 1 rings (SSSR count). The Kier molecular flexibility index (Phi) is 0.532. The molecule has 1 fully saturated rings. The van der Waals surface area contributed by atoms with Gasteiger partial charge in [-0.1, -0.05) is 0 Å². The van der Waals surface area contributed by atoms with Gasteiger partial charge in [0, 0.05) is 0 Å². The van der Waals surface area contributed by atoms with Crippen LogP contribution < -0.4 is 0 Å². The minimum Gasteiger partial charge on any atom is -0.451 e. The second kappa shape index (κ2) is 1.01. The number of ether oxygens (including phenoxy) is 1. The highest BCUT2D eigenvalue weighted by molar-refractivity contribution is 5.82. The van der Waals surface area contributed by atoms with Gasteiger partial charge < -0.3 is 4.74 Å². The Morgan fingerprint density at radius 3 is 2.40 bits per heavy atom. The van der Waals surface area contributed by atoms with Crippen molar-refractivity contribution in [1.29, 1.82) is 1.45 Å². The monoisotopic (exact) mass is 79.0 g/mol. The van der Waals surface area contributed by atoms with Gasteiger partial charge in [0.15, 0.2) is 6.61 Å². The quantitative estimate of drug-likeness (QED) is 0.373. The highest BCUT2D eigenvalue weighted by Crippen LogP contribution is 1.90. The molecule has 0 spiro atoms. The zero-order valence-electron chi connectivity index (χ0n) is 3.40. The average molecular weight is 79.0 g/mol. The van der Waals surface area contributed by atoms with E-state index in [4.69, 9.17) is 4.72 Å². The molecule has 5 heavy (non-hydrogen) atoms. The number of hydrogen-bond acceptors (Lipinski definition) is 2. The van der Waals surface area contributed by atoms with Gasteiger partial charge in [0.2, 0.25) is 0 Å². The van der Waals surface area contributed by atoms with Crippen LogP contribution in [-0.2, 0) is 9.53 Å². The number of rotatable bonds is 0. The molecule has 0 atom stereocenters. The van der Waals surface area contributed by atoms with Gasteiger partial charge in [-0.15, -0.1) is 0 Å². The first kappa shape index (κ1) is 2.63. The van der Waals surface area contributed by atoms with Crippen LogP contribution >= 0.6 is 0 Å². The molecule has 0 radical (unpaired) electrons. The SMILES string of the molecule is O=C1CO1.[2H]F. The Balaban J connectivity index is 0.000000112. The molecular weight excluding hydrogens is 75.0 g/mol. The predicted octanol–water partition coefficient (Wildman–Crippen LogP) is -0.304. The van der Waals surface area contributed by atoms with Crippen LogP contribution in [0.3, 0.4) is 0 Å². The summed E-state index contributed by atoms with van der Waals surface area (Å²) in [6.07, 6.45) is 0. The van der Waals surface area contributed by atoms with Gasteiger partial charge >= 0.3 is 5.97 Å². The minimum atomic E-state index is -0.0833. The second-order valence-corrected chi connectivity index (χ2v) is 0.661. The van der Waals surface area contributed by atoms with Crippen molar-refractivity contribution in [2.45, 2.75) is 0 Å². The normalized spacial score (nSPS) is 17.0. The van der Waals surface area contributed by atoms with Crippen LogP contribution in [0.4, 0.5) is 4.72 Å². The Morgan fingerprint density at radius 1 is 2.20 bits per heavy atom. The van der Waals surface area contributed by atoms with Crippen LogP contribution in [0.25, 0.3) is 0 Å². The molecular formula is C2H3FO2. The first-order chi connectivity index (χ1) is 2.89. The molecule has 0 saturated carbocycles. The molecule has 0 aliphatic carbocycles. The summed E-state index contributed by atoms with van der Waals surface area (Å²) >= 11 is 0. The van der Waals surface area contributed by atoms with Crippen molar-refractivity contribution in [3.05, 3.63) is 0 Å². The molecule has 1 saturated heterocycles. The van der Waals surface area contributed by atoms with E-state index in [0.717, 1.165) is 0 Å². The Hall–Kier alpha value is -0.600. The van der Waals surface area contributed by atoms with Gasteiger partial charge in [-0.25, -0.2) is 4.79 Å². The third-order valence-corrected chi connectivity index (χ3v) is 0.262. The van der Waals surface area contributed by atoms with E-state index >= 15 is 0 Å². The van der Waals surface area contributed by atoms with Gasteiger partial charge in [-0.2, -0.15) is 0 Å². The van der Waals surface area contributed by atoms with E-state index in [9.17, 15) is 4.79 Å². The molecule has 0 aromatic heterocycles. The molecule has 1 aliphatic rings. The summed E-state index contributed by atoms with van der Waals surface area (Å²) in [5, 5.41) is 0. The lowest BCUT2D eigenvalue weighted by Crippen LogP contribution is -1.50. The topological polar surface area (TPSA) is 29.6 Å². The molecule has 1 aliphatic heterocycles. The van der Waals surface area contributed by atoms with Crippen molar-refractivity contribution in [2.75, 3.05) is 6.61 Å².